The van der Waals surface area contributed by atoms with E-state index in [-0.39, 0.29) is 11.5 Å². The first-order valence-corrected chi connectivity index (χ1v) is 11.3. The summed E-state index contributed by atoms with van der Waals surface area (Å²) in [6, 6.07) is 10.8. The number of likely N-dealkylation sites (tertiary alicyclic amines) is 1. The summed E-state index contributed by atoms with van der Waals surface area (Å²) in [5.41, 5.74) is 2.47. The van der Waals surface area contributed by atoms with E-state index in [2.05, 4.69) is 15.2 Å². The van der Waals surface area contributed by atoms with Crippen LogP contribution in [0.25, 0.3) is 16.6 Å². The molecule has 7 heteroatoms. The lowest BCUT2D eigenvalue weighted by Crippen LogP contribution is -2.33. The van der Waals surface area contributed by atoms with Crippen LogP contribution in [0.5, 0.6) is 5.75 Å². The first kappa shape index (κ1) is 22.0. The van der Waals surface area contributed by atoms with Gasteiger partial charge < -0.3 is 10.1 Å². The van der Waals surface area contributed by atoms with Gasteiger partial charge in [-0.05, 0) is 75.7 Å². The molecule has 0 radical (unpaired) electrons. The Hall–Kier alpha value is -3.19. The number of nitrogens with zero attached hydrogens (tertiary/aromatic N) is 3. The number of fused-ring (bicyclic) bond motifs is 1. The molecule has 0 bridgehead atoms. The van der Waals surface area contributed by atoms with Crippen molar-refractivity contribution in [2.75, 3.05) is 32.8 Å². The first-order valence-electron chi connectivity index (χ1n) is 11.3. The van der Waals surface area contributed by atoms with Crippen LogP contribution in [0.2, 0.25) is 0 Å². The largest absolute Gasteiger partial charge is 0.492 e. The highest BCUT2D eigenvalue weighted by atomic mass is 16.5. The Bertz CT molecular complexity index is 1170. The average molecular weight is 435 g/mol. The van der Waals surface area contributed by atoms with Crippen LogP contribution in [0.3, 0.4) is 0 Å². The fourth-order valence-electron chi connectivity index (χ4n) is 4.11. The maximum Gasteiger partial charge on any atom is 0.265 e. The quantitative estimate of drug-likeness (QED) is 0.617. The van der Waals surface area contributed by atoms with Gasteiger partial charge in [0.25, 0.3) is 11.5 Å². The van der Waals surface area contributed by atoms with E-state index in [9.17, 15) is 9.59 Å². The summed E-state index contributed by atoms with van der Waals surface area (Å²) in [6.45, 7) is 8.06. The Morgan fingerprint density at radius 2 is 1.94 bits per heavy atom. The van der Waals surface area contributed by atoms with Gasteiger partial charge in [-0.1, -0.05) is 12.5 Å². The van der Waals surface area contributed by atoms with Gasteiger partial charge in [0.2, 0.25) is 0 Å². The fourth-order valence-corrected chi connectivity index (χ4v) is 4.11. The summed E-state index contributed by atoms with van der Waals surface area (Å²) >= 11 is 0. The van der Waals surface area contributed by atoms with E-state index in [1.54, 1.807) is 18.2 Å². The van der Waals surface area contributed by atoms with Crippen molar-refractivity contribution in [3.8, 4) is 11.4 Å². The maximum atomic E-state index is 13.3. The summed E-state index contributed by atoms with van der Waals surface area (Å²) in [6.07, 6.45) is 5.34. The van der Waals surface area contributed by atoms with Gasteiger partial charge in [0, 0.05) is 18.7 Å². The summed E-state index contributed by atoms with van der Waals surface area (Å²) < 4.78 is 7.45. The minimum atomic E-state index is -0.187. The maximum absolute atomic E-state index is 13.3. The molecule has 1 aromatic heterocycles. The Morgan fingerprint density at radius 1 is 1.12 bits per heavy atom. The van der Waals surface area contributed by atoms with Gasteiger partial charge in [-0.2, -0.15) is 0 Å². The number of aryl methyl sites for hydroxylation is 1. The monoisotopic (exact) mass is 434 g/mol. The van der Waals surface area contributed by atoms with E-state index in [1.165, 1.54) is 30.2 Å². The number of hydrogen-bond acceptors (Lipinski definition) is 5. The second-order valence-corrected chi connectivity index (χ2v) is 8.21. The van der Waals surface area contributed by atoms with Crippen LogP contribution < -0.4 is 15.6 Å². The molecule has 0 saturated carbocycles. The van der Waals surface area contributed by atoms with Crippen LogP contribution in [-0.4, -0.2) is 53.1 Å². The minimum absolute atomic E-state index is 0.167. The Morgan fingerprint density at radius 3 is 2.72 bits per heavy atom. The molecule has 4 rings (SSSR count). The highest BCUT2D eigenvalue weighted by Gasteiger charge is 2.13. The molecule has 2 heterocycles. The summed E-state index contributed by atoms with van der Waals surface area (Å²) in [4.78, 5) is 32.5. The van der Waals surface area contributed by atoms with Crippen LogP contribution >= 0.6 is 0 Å². The van der Waals surface area contributed by atoms with Crippen molar-refractivity contribution in [2.45, 2.75) is 33.1 Å². The van der Waals surface area contributed by atoms with Crippen LogP contribution in [0.4, 0.5) is 0 Å². The Kier molecular flexibility index (Phi) is 6.85. The molecular weight excluding hydrogens is 404 g/mol. The van der Waals surface area contributed by atoms with Crippen molar-refractivity contribution < 1.29 is 9.53 Å². The molecule has 0 unspecified atom stereocenters. The summed E-state index contributed by atoms with van der Waals surface area (Å²) in [5.74, 6) is 0.499. The SMILES string of the molecule is CCNC(=O)c1ccc(C)c(-n2cnc3ccc(OCCN4CCCCC4)cc3c2=O)c1. The van der Waals surface area contributed by atoms with E-state index in [4.69, 9.17) is 4.74 Å². The number of piperidine rings is 1. The van der Waals surface area contributed by atoms with E-state index in [1.807, 2.05) is 32.0 Å². The van der Waals surface area contributed by atoms with E-state index in [0.29, 0.717) is 41.1 Å². The van der Waals surface area contributed by atoms with Gasteiger partial charge in [0.05, 0.1) is 16.6 Å². The second-order valence-electron chi connectivity index (χ2n) is 8.21. The van der Waals surface area contributed by atoms with Crippen LogP contribution in [0, 0.1) is 6.92 Å². The molecule has 1 saturated heterocycles. The third-order valence-corrected chi connectivity index (χ3v) is 5.92. The number of carbonyl (C=O) groups is 1. The zero-order chi connectivity index (χ0) is 22.5. The van der Waals surface area contributed by atoms with E-state index >= 15 is 0 Å². The van der Waals surface area contributed by atoms with Gasteiger partial charge in [-0.25, -0.2) is 4.98 Å². The summed E-state index contributed by atoms with van der Waals surface area (Å²) in [7, 11) is 0. The molecule has 0 aliphatic carbocycles. The van der Waals surface area contributed by atoms with E-state index in [0.717, 1.165) is 25.2 Å². The molecule has 7 nitrogen and oxygen atoms in total. The van der Waals surface area contributed by atoms with Gasteiger partial charge in [0.15, 0.2) is 0 Å². The number of aromatic nitrogens is 2. The fraction of sp³-hybridized carbons (Fsp3) is 0.400. The number of amides is 1. The van der Waals surface area contributed by atoms with Crippen LogP contribution in [-0.2, 0) is 0 Å². The van der Waals surface area contributed by atoms with Crippen molar-refractivity contribution in [3.05, 3.63) is 64.2 Å². The van der Waals surface area contributed by atoms with Crippen molar-refractivity contribution in [2.24, 2.45) is 0 Å². The molecule has 0 spiro atoms. The second kappa shape index (κ2) is 9.96. The first-order chi connectivity index (χ1) is 15.6. The Labute approximate surface area is 188 Å². The highest BCUT2D eigenvalue weighted by Crippen LogP contribution is 2.20. The standard InChI is InChI=1S/C25H30N4O3/c1-3-26-24(30)19-8-7-18(2)23(15-19)29-17-27-22-10-9-20(16-21(22)25(29)31)32-14-13-28-11-5-4-6-12-28/h7-10,15-17H,3-6,11-14H2,1-2H3,(H,26,30). The van der Waals surface area contributed by atoms with Crippen LogP contribution in [0.15, 0.2) is 47.5 Å². The Balaban J connectivity index is 1.60. The predicted molar refractivity (Wildman–Crippen MR) is 126 cm³/mol. The van der Waals surface area contributed by atoms with Crippen molar-refractivity contribution in [1.29, 1.82) is 0 Å². The van der Waals surface area contributed by atoms with E-state index < -0.39 is 0 Å². The van der Waals surface area contributed by atoms with Gasteiger partial charge >= 0.3 is 0 Å². The lowest BCUT2D eigenvalue weighted by atomic mass is 10.1. The molecule has 1 aliphatic heterocycles. The van der Waals surface area contributed by atoms with Crippen molar-refractivity contribution in [3.63, 3.8) is 0 Å². The number of carbonyl (C=O) groups excluding carboxylic acids is 1. The summed E-state index contributed by atoms with van der Waals surface area (Å²) in [5, 5.41) is 3.28. The van der Waals surface area contributed by atoms with Crippen molar-refractivity contribution in [1.82, 2.24) is 19.8 Å². The number of benzene rings is 2. The normalized spacial score (nSPS) is 14.4. The molecule has 1 N–H and O–H groups in total. The molecule has 1 fully saturated rings. The number of hydrogen-bond donors (Lipinski definition) is 1. The smallest absolute Gasteiger partial charge is 0.265 e. The number of ether oxygens (including phenoxy) is 1. The number of rotatable bonds is 7. The molecular formula is C25H30N4O3. The predicted octanol–water partition coefficient (Wildman–Crippen LogP) is 3.31. The van der Waals surface area contributed by atoms with Gasteiger partial charge in [-0.15, -0.1) is 0 Å². The topological polar surface area (TPSA) is 76.5 Å². The minimum Gasteiger partial charge on any atom is -0.492 e. The molecule has 1 amide bonds. The molecule has 168 valence electrons. The third kappa shape index (κ3) is 4.83. The van der Waals surface area contributed by atoms with Gasteiger partial charge in [0.1, 0.15) is 18.7 Å². The van der Waals surface area contributed by atoms with Gasteiger partial charge in [-0.3, -0.25) is 19.1 Å². The number of nitrogens with one attached hydrogen (secondary N) is 1. The molecule has 32 heavy (non-hydrogen) atoms. The molecule has 3 aromatic rings. The van der Waals surface area contributed by atoms with Crippen LogP contribution in [0.1, 0.15) is 42.1 Å². The lowest BCUT2D eigenvalue weighted by molar-refractivity contribution is 0.0956. The van der Waals surface area contributed by atoms with Crippen molar-refractivity contribution >= 4 is 16.8 Å². The molecule has 0 atom stereocenters. The zero-order valence-electron chi connectivity index (χ0n) is 18.8. The third-order valence-electron chi connectivity index (χ3n) is 5.92. The highest BCUT2D eigenvalue weighted by molar-refractivity contribution is 5.94. The average Bonchev–Trinajstić information content (AvgIpc) is 2.81. The zero-order valence-corrected chi connectivity index (χ0v) is 18.8. The molecule has 1 aliphatic rings. The molecule has 2 aromatic carbocycles. The lowest BCUT2D eigenvalue weighted by Gasteiger charge is -2.26.